The van der Waals surface area contributed by atoms with Crippen LogP contribution in [0.3, 0.4) is 0 Å². The number of allylic oxidation sites excluding steroid dienone is 4. The molecule has 0 bridgehead atoms. The van der Waals surface area contributed by atoms with E-state index in [1.54, 1.807) is 0 Å². The fourth-order valence-corrected chi connectivity index (χ4v) is 6.33. The van der Waals surface area contributed by atoms with E-state index >= 15 is 0 Å². The topological polar surface area (TPSA) is 178 Å². The van der Waals surface area contributed by atoms with Crippen molar-refractivity contribution in [3.63, 3.8) is 0 Å². The van der Waals surface area contributed by atoms with E-state index in [-0.39, 0.29) is 19.6 Å². The second-order valence-corrected chi connectivity index (χ2v) is 14.6. The molecule has 1 fully saturated rings. The molecule has 0 spiro atoms. The second-order valence-electron chi connectivity index (χ2n) is 13.5. The molecule has 0 amide bonds. The number of hydrogen-bond acceptors (Lipinski definition) is 11. The summed E-state index contributed by atoms with van der Waals surface area (Å²) in [7, 11) is -5.05. The van der Waals surface area contributed by atoms with Crippen LogP contribution in [-0.4, -0.2) is 97.5 Å². The van der Waals surface area contributed by atoms with Gasteiger partial charge in [0.05, 0.1) is 19.8 Å². The molecule has 300 valence electrons. The van der Waals surface area contributed by atoms with Crippen molar-refractivity contribution in [1.82, 2.24) is 0 Å². The highest BCUT2D eigenvalue weighted by molar-refractivity contribution is 7.80. The highest BCUT2D eigenvalue weighted by Crippen LogP contribution is 2.26. The van der Waals surface area contributed by atoms with Crippen LogP contribution in [0.5, 0.6) is 0 Å². The minimum absolute atomic E-state index is 0.0310. The van der Waals surface area contributed by atoms with E-state index in [4.69, 9.17) is 23.5 Å². The summed E-state index contributed by atoms with van der Waals surface area (Å²) in [6, 6.07) is 0. The molecule has 13 heteroatoms. The predicted octanol–water partition coefficient (Wildman–Crippen LogP) is 6.90. The summed E-state index contributed by atoms with van der Waals surface area (Å²) in [5, 5.41) is 30.5. The van der Waals surface area contributed by atoms with E-state index in [1.165, 1.54) is 64.2 Å². The number of ether oxygens (including phenoxy) is 4. The molecule has 1 aliphatic heterocycles. The maximum absolute atomic E-state index is 12.7. The van der Waals surface area contributed by atoms with Gasteiger partial charge in [-0.15, -0.1) is 0 Å². The van der Waals surface area contributed by atoms with Crippen LogP contribution in [0.4, 0.5) is 0 Å². The number of unbranched alkanes of at least 4 members (excludes halogenated alkanes) is 16. The quantitative estimate of drug-likeness (QED) is 0.0236. The fraction of sp³-hybridized carbons (Fsp3) is 0.868. The average Bonchev–Trinajstić information content (AvgIpc) is 3.09. The third-order valence-corrected chi connectivity index (χ3v) is 9.29. The zero-order valence-corrected chi connectivity index (χ0v) is 32.2. The van der Waals surface area contributed by atoms with Gasteiger partial charge in [-0.25, -0.2) is 4.18 Å². The Balaban J connectivity index is 2.47. The Bertz CT molecular complexity index is 1000. The SMILES string of the molecule is CCCCC/C=C\C/C=C\CCCCCCCCOCC(COC1OC(CO)C(O)C(OS(=O)(=O)O)C1O)OC(=O)CCCCCCCCCC. The van der Waals surface area contributed by atoms with Crippen molar-refractivity contribution in [2.75, 3.05) is 26.4 Å². The molecule has 1 saturated heterocycles. The van der Waals surface area contributed by atoms with Crippen molar-refractivity contribution < 1.29 is 56.2 Å². The third-order valence-electron chi connectivity index (χ3n) is 8.83. The van der Waals surface area contributed by atoms with Crippen LogP contribution < -0.4 is 0 Å². The molecule has 6 atom stereocenters. The molecular formula is C38H70O12S. The van der Waals surface area contributed by atoms with Gasteiger partial charge in [0.25, 0.3) is 0 Å². The van der Waals surface area contributed by atoms with Crippen LogP contribution >= 0.6 is 0 Å². The first kappa shape index (κ1) is 47.6. The predicted molar refractivity (Wildman–Crippen MR) is 197 cm³/mol. The molecule has 0 radical (unpaired) electrons. The molecule has 0 aliphatic carbocycles. The first-order chi connectivity index (χ1) is 24.6. The number of aliphatic hydroxyl groups is 3. The van der Waals surface area contributed by atoms with Crippen LogP contribution in [0.25, 0.3) is 0 Å². The highest BCUT2D eigenvalue weighted by atomic mass is 32.3. The lowest BCUT2D eigenvalue weighted by Crippen LogP contribution is -2.60. The Morgan fingerprint density at radius 3 is 1.90 bits per heavy atom. The number of carbonyl (C=O) groups is 1. The van der Waals surface area contributed by atoms with Gasteiger partial charge >= 0.3 is 16.4 Å². The molecule has 1 rings (SSSR count). The summed E-state index contributed by atoms with van der Waals surface area (Å²) in [5.74, 6) is -0.409. The molecule has 4 N–H and O–H groups in total. The summed E-state index contributed by atoms with van der Waals surface area (Å²) in [6.45, 7) is 3.88. The van der Waals surface area contributed by atoms with Gasteiger partial charge in [0, 0.05) is 13.0 Å². The fourth-order valence-electron chi connectivity index (χ4n) is 5.82. The molecule has 0 aromatic heterocycles. The normalized spacial score (nSPS) is 21.9. The number of hydrogen-bond donors (Lipinski definition) is 4. The van der Waals surface area contributed by atoms with E-state index in [0.717, 1.165) is 57.8 Å². The van der Waals surface area contributed by atoms with E-state index < -0.39 is 59.8 Å². The van der Waals surface area contributed by atoms with E-state index in [2.05, 4.69) is 42.3 Å². The molecule has 51 heavy (non-hydrogen) atoms. The van der Waals surface area contributed by atoms with Gasteiger partial charge in [-0.05, 0) is 44.9 Å². The van der Waals surface area contributed by atoms with Gasteiger partial charge in [0.2, 0.25) is 0 Å². The summed E-state index contributed by atoms with van der Waals surface area (Å²) in [4.78, 5) is 12.7. The lowest BCUT2D eigenvalue weighted by atomic mass is 9.99. The summed E-state index contributed by atoms with van der Waals surface area (Å²) < 4.78 is 58.7. The van der Waals surface area contributed by atoms with Crippen molar-refractivity contribution in [3.05, 3.63) is 24.3 Å². The first-order valence-electron chi connectivity index (χ1n) is 19.6. The third kappa shape index (κ3) is 25.3. The van der Waals surface area contributed by atoms with Crippen molar-refractivity contribution in [3.8, 4) is 0 Å². The Morgan fingerprint density at radius 2 is 1.29 bits per heavy atom. The van der Waals surface area contributed by atoms with Crippen molar-refractivity contribution >= 4 is 16.4 Å². The minimum Gasteiger partial charge on any atom is -0.457 e. The number of aliphatic hydroxyl groups excluding tert-OH is 3. The molecule has 0 aromatic rings. The number of carbonyl (C=O) groups excluding carboxylic acids is 1. The average molecular weight is 751 g/mol. The van der Waals surface area contributed by atoms with E-state index in [0.29, 0.717) is 13.0 Å². The molecule has 6 unspecified atom stereocenters. The van der Waals surface area contributed by atoms with Crippen LogP contribution in [0, 0.1) is 0 Å². The van der Waals surface area contributed by atoms with Crippen molar-refractivity contribution in [1.29, 1.82) is 0 Å². The molecular weight excluding hydrogens is 680 g/mol. The largest absolute Gasteiger partial charge is 0.457 e. The molecule has 1 aliphatic rings. The minimum atomic E-state index is -5.05. The van der Waals surface area contributed by atoms with Crippen molar-refractivity contribution in [2.45, 2.75) is 185 Å². The zero-order valence-electron chi connectivity index (χ0n) is 31.4. The first-order valence-corrected chi connectivity index (χ1v) is 21.0. The number of rotatable bonds is 33. The maximum Gasteiger partial charge on any atom is 0.397 e. The summed E-state index contributed by atoms with van der Waals surface area (Å²) >= 11 is 0. The Morgan fingerprint density at radius 1 is 0.745 bits per heavy atom. The van der Waals surface area contributed by atoms with Gasteiger partial charge in [-0.3, -0.25) is 9.35 Å². The van der Waals surface area contributed by atoms with Crippen LogP contribution in [0.1, 0.15) is 149 Å². The van der Waals surface area contributed by atoms with Crippen molar-refractivity contribution in [2.24, 2.45) is 0 Å². The lowest BCUT2D eigenvalue weighted by Gasteiger charge is -2.41. The van der Waals surface area contributed by atoms with E-state index in [1.807, 2.05) is 0 Å². The van der Waals surface area contributed by atoms with Gasteiger partial charge in [0.15, 0.2) is 6.29 Å². The van der Waals surface area contributed by atoms with Crippen LogP contribution in [0.15, 0.2) is 24.3 Å². The van der Waals surface area contributed by atoms with Gasteiger partial charge in [-0.1, -0.05) is 122 Å². The smallest absolute Gasteiger partial charge is 0.397 e. The van der Waals surface area contributed by atoms with Gasteiger partial charge in [-0.2, -0.15) is 8.42 Å². The zero-order chi connectivity index (χ0) is 37.6. The van der Waals surface area contributed by atoms with E-state index in [9.17, 15) is 28.5 Å². The van der Waals surface area contributed by atoms with Crippen LogP contribution in [-0.2, 0) is 38.3 Å². The molecule has 12 nitrogen and oxygen atoms in total. The highest BCUT2D eigenvalue weighted by Gasteiger charge is 2.48. The molecule has 0 saturated carbocycles. The second kappa shape index (κ2) is 31.0. The number of esters is 1. The maximum atomic E-state index is 12.7. The Kier molecular flexibility index (Phi) is 28.9. The van der Waals surface area contributed by atoms with Gasteiger partial charge in [0.1, 0.15) is 30.5 Å². The summed E-state index contributed by atoms with van der Waals surface area (Å²) in [6.07, 6.45) is 22.3. The summed E-state index contributed by atoms with van der Waals surface area (Å²) in [5.41, 5.74) is 0. The van der Waals surface area contributed by atoms with Crippen LogP contribution in [0.2, 0.25) is 0 Å². The lowest BCUT2D eigenvalue weighted by molar-refractivity contribution is -0.301. The Hall–Kier alpha value is -1.42. The molecule has 0 aromatic carbocycles. The molecule has 1 heterocycles. The Labute approximate surface area is 308 Å². The standard InChI is InChI=1S/C38H70O12S/c1-3-5-7-9-11-13-14-15-16-17-18-19-20-22-24-26-28-46-30-32(48-34(40)27-25-23-21-12-10-8-6-4-2)31-47-38-36(42)37(50-51(43,44)45)35(41)33(29-39)49-38/h11,13,15-16,32-33,35-39,41-42H,3-10,12,14,17-31H2,1-2H3,(H,43,44,45)/b13-11-,16-15-. The van der Waals surface area contributed by atoms with Gasteiger partial charge < -0.3 is 34.3 Å². The monoisotopic (exact) mass is 750 g/mol.